The number of aliphatic carboxylic acids is 1. The average molecular weight is 271 g/mol. The molecular weight excluding hydrogens is 250 g/mol. The van der Waals surface area contributed by atoms with E-state index in [4.69, 9.17) is 10.8 Å². The van der Waals surface area contributed by atoms with Crippen LogP contribution in [0.2, 0.25) is 0 Å². The second-order valence-electron chi connectivity index (χ2n) is 4.74. The molecule has 7 nitrogen and oxygen atoms in total. The molecule has 0 bridgehead atoms. The smallest absolute Gasteiger partial charge is 0.326 e. The number of amides is 3. The third-order valence-corrected chi connectivity index (χ3v) is 3.27. The summed E-state index contributed by atoms with van der Waals surface area (Å²) in [6.45, 7) is 2.27. The lowest BCUT2D eigenvalue weighted by atomic mass is 10.0. The molecule has 0 radical (unpaired) electrons. The van der Waals surface area contributed by atoms with Crippen molar-refractivity contribution in [2.24, 2.45) is 5.73 Å². The van der Waals surface area contributed by atoms with Gasteiger partial charge in [0, 0.05) is 6.54 Å². The normalized spacial score (nSPS) is 20.7. The number of hydrogen-bond acceptors (Lipinski definition) is 3. The minimum Gasteiger partial charge on any atom is -0.480 e. The third kappa shape index (κ3) is 4.11. The average Bonchev–Trinajstić information content (AvgIpc) is 2.37. The largest absolute Gasteiger partial charge is 0.480 e. The van der Waals surface area contributed by atoms with Gasteiger partial charge in [-0.25, -0.2) is 9.59 Å². The maximum atomic E-state index is 12.0. The highest BCUT2D eigenvalue weighted by Gasteiger charge is 2.32. The molecular formula is C12H21N3O4. The standard InChI is InChI=1S/C12H21N3O4/c1-2-5-8(11(17)18)14-12(19)15-7-4-3-6-9(15)10(13)16/h8-9H,2-7H2,1H3,(H2,13,16)(H,14,19)(H,17,18)/t8-,9?/m1/s1. The van der Waals surface area contributed by atoms with E-state index in [1.54, 1.807) is 0 Å². The summed E-state index contributed by atoms with van der Waals surface area (Å²) in [7, 11) is 0. The van der Waals surface area contributed by atoms with E-state index in [0.29, 0.717) is 25.8 Å². The van der Waals surface area contributed by atoms with E-state index in [9.17, 15) is 14.4 Å². The first kappa shape index (κ1) is 15.3. The summed E-state index contributed by atoms with van der Waals surface area (Å²) in [6.07, 6.45) is 3.18. The molecule has 1 fully saturated rings. The summed E-state index contributed by atoms with van der Waals surface area (Å²) in [5.74, 6) is -1.61. The number of carboxylic acids is 1. The molecule has 1 aliphatic rings. The fourth-order valence-electron chi connectivity index (χ4n) is 2.25. The molecule has 1 aliphatic heterocycles. The zero-order valence-electron chi connectivity index (χ0n) is 11.1. The third-order valence-electron chi connectivity index (χ3n) is 3.27. The Labute approximate surface area is 112 Å². The molecule has 0 aromatic rings. The number of nitrogens with zero attached hydrogens (tertiary/aromatic N) is 1. The van der Waals surface area contributed by atoms with Gasteiger partial charge >= 0.3 is 12.0 Å². The zero-order valence-corrected chi connectivity index (χ0v) is 11.1. The van der Waals surface area contributed by atoms with Crippen LogP contribution in [-0.4, -0.2) is 46.5 Å². The molecule has 19 heavy (non-hydrogen) atoms. The van der Waals surface area contributed by atoms with E-state index in [2.05, 4.69) is 5.32 Å². The fraction of sp³-hybridized carbons (Fsp3) is 0.750. The summed E-state index contributed by atoms with van der Waals surface area (Å²) in [5, 5.41) is 11.5. The van der Waals surface area contributed by atoms with E-state index >= 15 is 0 Å². The molecule has 0 saturated carbocycles. The monoisotopic (exact) mass is 271 g/mol. The Kier molecular flexibility index (Phi) is 5.59. The Morgan fingerprint density at radius 1 is 1.42 bits per heavy atom. The topological polar surface area (TPSA) is 113 Å². The number of carbonyl (C=O) groups is 3. The lowest BCUT2D eigenvalue weighted by molar-refractivity contribution is -0.139. The van der Waals surface area contributed by atoms with Gasteiger partial charge in [0.25, 0.3) is 0 Å². The molecule has 1 saturated heterocycles. The number of nitrogens with one attached hydrogen (secondary N) is 1. The molecule has 1 heterocycles. The second kappa shape index (κ2) is 6.96. The predicted molar refractivity (Wildman–Crippen MR) is 68.4 cm³/mol. The highest BCUT2D eigenvalue weighted by Crippen LogP contribution is 2.17. The summed E-state index contributed by atoms with van der Waals surface area (Å²) >= 11 is 0. The van der Waals surface area contributed by atoms with Gasteiger partial charge in [-0.3, -0.25) is 4.79 Å². The number of primary amides is 1. The maximum Gasteiger partial charge on any atom is 0.326 e. The number of carbonyl (C=O) groups excluding carboxylic acids is 2. The van der Waals surface area contributed by atoms with E-state index < -0.39 is 30.0 Å². The van der Waals surface area contributed by atoms with Crippen molar-refractivity contribution in [3.63, 3.8) is 0 Å². The van der Waals surface area contributed by atoms with Crippen LogP contribution in [0.25, 0.3) is 0 Å². The quantitative estimate of drug-likeness (QED) is 0.667. The van der Waals surface area contributed by atoms with Gasteiger partial charge in [0.05, 0.1) is 0 Å². The van der Waals surface area contributed by atoms with Crippen molar-refractivity contribution >= 4 is 17.9 Å². The van der Waals surface area contributed by atoms with Gasteiger partial charge in [0.1, 0.15) is 12.1 Å². The molecule has 0 aromatic carbocycles. The Morgan fingerprint density at radius 2 is 2.11 bits per heavy atom. The number of rotatable bonds is 5. The molecule has 0 aromatic heterocycles. The highest BCUT2D eigenvalue weighted by molar-refractivity contribution is 5.88. The molecule has 1 rings (SSSR count). The van der Waals surface area contributed by atoms with Crippen LogP contribution in [0.5, 0.6) is 0 Å². The van der Waals surface area contributed by atoms with Crippen LogP contribution in [0, 0.1) is 0 Å². The van der Waals surface area contributed by atoms with Crippen LogP contribution in [0.15, 0.2) is 0 Å². The molecule has 4 N–H and O–H groups in total. The number of hydrogen-bond donors (Lipinski definition) is 3. The highest BCUT2D eigenvalue weighted by atomic mass is 16.4. The molecule has 7 heteroatoms. The molecule has 108 valence electrons. The first-order valence-corrected chi connectivity index (χ1v) is 6.56. The van der Waals surface area contributed by atoms with Gasteiger partial charge in [-0.15, -0.1) is 0 Å². The van der Waals surface area contributed by atoms with Crippen molar-refractivity contribution in [2.45, 2.75) is 51.1 Å². The number of carboxylic acid groups (broad SMARTS) is 1. The second-order valence-corrected chi connectivity index (χ2v) is 4.74. The minimum absolute atomic E-state index is 0.357. The van der Waals surface area contributed by atoms with E-state index in [1.807, 2.05) is 6.92 Å². The number of nitrogens with two attached hydrogens (primary N) is 1. The van der Waals surface area contributed by atoms with Crippen LogP contribution in [-0.2, 0) is 9.59 Å². The lowest BCUT2D eigenvalue weighted by Gasteiger charge is -2.34. The first-order chi connectivity index (χ1) is 8.97. The van der Waals surface area contributed by atoms with E-state index in [1.165, 1.54) is 4.90 Å². The molecule has 0 spiro atoms. The Balaban J connectivity index is 2.68. The number of piperidine rings is 1. The SMILES string of the molecule is CCC[C@@H](NC(=O)N1CCCCC1C(N)=O)C(=O)O. The van der Waals surface area contributed by atoms with Crippen molar-refractivity contribution < 1.29 is 19.5 Å². The Morgan fingerprint density at radius 3 is 2.63 bits per heavy atom. The van der Waals surface area contributed by atoms with Gasteiger partial charge < -0.3 is 21.1 Å². The van der Waals surface area contributed by atoms with Crippen LogP contribution in [0.4, 0.5) is 4.79 Å². The minimum atomic E-state index is -1.07. The maximum absolute atomic E-state index is 12.0. The van der Waals surface area contributed by atoms with E-state index in [-0.39, 0.29) is 0 Å². The van der Waals surface area contributed by atoms with Crippen molar-refractivity contribution in [3.05, 3.63) is 0 Å². The van der Waals surface area contributed by atoms with Gasteiger partial charge in [-0.1, -0.05) is 13.3 Å². The van der Waals surface area contributed by atoms with Crippen molar-refractivity contribution in [1.82, 2.24) is 10.2 Å². The Bertz CT molecular complexity index is 359. The summed E-state index contributed by atoms with van der Waals surface area (Å²) in [4.78, 5) is 35.7. The van der Waals surface area contributed by atoms with E-state index in [0.717, 1.165) is 12.8 Å². The van der Waals surface area contributed by atoms with Crippen molar-refractivity contribution in [2.75, 3.05) is 6.54 Å². The van der Waals surface area contributed by atoms with Gasteiger partial charge in [-0.05, 0) is 25.7 Å². The molecule has 0 aliphatic carbocycles. The Hall–Kier alpha value is -1.79. The van der Waals surface area contributed by atoms with Crippen LogP contribution in [0.3, 0.4) is 0 Å². The zero-order chi connectivity index (χ0) is 14.4. The summed E-state index contributed by atoms with van der Waals surface area (Å²) in [5.41, 5.74) is 5.27. The summed E-state index contributed by atoms with van der Waals surface area (Å²) in [6, 6.07) is -2.08. The first-order valence-electron chi connectivity index (χ1n) is 6.56. The summed E-state index contributed by atoms with van der Waals surface area (Å²) < 4.78 is 0. The van der Waals surface area contributed by atoms with Crippen LogP contribution < -0.4 is 11.1 Å². The van der Waals surface area contributed by atoms with Crippen LogP contribution >= 0.6 is 0 Å². The van der Waals surface area contributed by atoms with Crippen LogP contribution in [0.1, 0.15) is 39.0 Å². The number of likely N-dealkylation sites (tertiary alicyclic amines) is 1. The predicted octanol–water partition coefficient (Wildman–Crippen LogP) is 0.289. The van der Waals surface area contributed by atoms with Crippen molar-refractivity contribution in [3.8, 4) is 0 Å². The molecule has 1 unspecified atom stereocenters. The van der Waals surface area contributed by atoms with Gasteiger partial charge in [0.2, 0.25) is 5.91 Å². The van der Waals surface area contributed by atoms with Gasteiger partial charge in [-0.2, -0.15) is 0 Å². The molecule has 3 amide bonds. The fourth-order valence-corrected chi connectivity index (χ4v) is 2.25. The van der Waals surface area contributed by atoms with Crippen molar-refractivity contribution in [1.29, 1.82) is 0 Å². The molecule has 2 atom stereocenters. The lowest BCUT2D eigenvalue weighted by Crippen LogP contribution is -2.56. The van der Waals surface area contributed by atoms with Gasteiger partial charge in [0.15, 0.2) is 0 Å². The number of urea groups is 1.